The molecule has 0 atom stereocenters. The predicted molar refractivity (Wildman–Crippen MR) is 154 cm³/mol. The van der Waals surface area contributed by atoms with Crippen molar-refractivity contribution in [1.29, 1.82) is 0 Å². The third-order valence-electron chi connectivity index (χ3n) is 6.84. The minimum absolute atomic E-state index is 0. The number of benzene rings is 4. The zero-order chi connectivity index (χ0) is 25.1. The van der Waals surface area contributed by atoms with E-state index < -0.39 is 0 Å². The molecule has 1 aliphatic rings. The summed E-state index contributed by atoms with van der Waals surface area (Å²) in [4.78, 5) is 0. The van der Waals surface area contributed by atoms with Crippen LogP contribution in [0.3, 0.4) is 0 Å². The number of rotatable bonds is 3. The molecule has 6 rings (SSSR count). The van der Waals surface area contributed by atoms with E-state index in [0.717, 1.165) is 6.42 Å². The summed E-state index contributed by atoms with van der Waals surface area (Å²) in [7, 11) is 0. The molecule has 3 heteroatoms. The summed E-state index contributed by atoms with van der Waals surface area (Å²) in [5.41, 5.74) is 7.08. The van der Waals surface area contributed by atoms with Gasteiger partial charge in [0.2, 0.25) is 0 Å². The van der Waals surface area contributed by atoms with Gasteiger partial charge < -0.3 is 24.8 Å². The van der Waals surface area contributed by atoms with E-state index in [2.05, 4.69) is 142 Å². The average Bonchev–Trinajstić information content (AvgIpc) is 3.57. The van der Waals surface area contributed by atoms with Crippen molar-refractivity contribution in [3.8, 4) is 0 Å². The summed E-state index contributed by atoms with van der Waals surface area (Å²) < 4.78 is 1.42. The molecule has 5 aromatic carbocycles. The van der Waals surface area contributed by atoms with Gasteiger partial charge in [0.25, 0.3) is 0 Å². The van der Waals surface area contributed by atoms with Gasteiger partial charge in [0.1, 0.15) is 0 Å². The van der Waals surface area contributed by atoms with E-state index in [1.807, 2.05) is 0 Å². The van der Waals surface area contributed by atoms with Gasteiger partial charge in [-0.1, -0.05) is 86.0 Å². The van der Waals surface area contributed by atoms with Crippen molar-refractivity contribution in [3.63, 3.8) is 0 Å². The monoisotopic (exact) mass is 611 g/mol. The van der Waals surface area contributed by atoms with Crippen LogP contribution in [-0.2, 0) is 29.7 Å². The third-order valence-corrected chi connectivity index (χ3v) is 8.26. The molecule has 0 amide bonds. The second-order valence-corrected chi connectivity index (χ2v) is 11.6. The Bertz CT molecular complexity index is 1540. The first-order valence-electron chi connectivity index (χ1n) is 12.6. The Balaban J connectivity index is 0.000000219. The molecule has 0 N–H and O–H groups in total. The fourth-order valence-electron chi connectivity index (χ4n) is 4.78. The molecule has 0 bridgehead atoms. The number of allylic oxidation sites excluding steroid dienone is 4. The fraction of sp³-hybridized carbons (Fsp3) is 0.143. The Morgan fingerprint density at radius 1 is 0.737 bits per heavy atom. The maximum absolute atomic E-state index is 2.40. The van der Waals surface area contributed by atoms with Crippen molar-refractivity contribution in [2.24, 2.45) is 0 Å². The molecule has 0 aromatic heterocycles. The topological polar surface area (TPSA) is 0 Å². The summed E-state index contributed by atoms with van der Waals surface area (Å²) in [6.45, 7) is 6.89. The van der Waals surface area contributed by atoms with Crippen LogP contribution >= 0.6 is 0 Å². The Morgan fingerprint density at radius 2 is 1.32 bits per heavy atom. The first-order valence-corrected chi connectivity index (χ1v) is 13.8. The second-order valence-electron chi connectivity index (χ2n) is 10.4. The summed E-state index contributed by atoms with van der Waals surface area (Å²) in [6, 6.07) is 37.0. The Hall–Kier alpha value is -2.44. The van der Waals surface area contributed by atoms with Gasteiger partial charge >= 0.3 is 99.2 Å². The van der Waals surface area contributed by atoms with Gasteiger partial charge in [-0.25, -0.2) is 0 Å². The fourth-order valence-corrected chi connectivity index (χ4v) is 5.60. The zero-order valence-corrected chi connectivity index (χ0v) is 26.0. The number of fused-ring (bicyclic) bond motifs is 3. The first-order chi connectivity index (χ1) is 17.4. The standard InChI is InChI=1S/C22H21.C13H10.2ClH.Zr/c1-22(2,3)17-13-19(15-8-4-5-9-15)20-12-16-10-6-7-11-18(16)21(20)14-17;1-3-7-12(8-4-1)11-13-9-5-2-6-10-13;;;/h4-8,10-14H,9H2,1-3H3;1-10H;2*1H;/q-1;;;;+2/p-2. The predicted octanol–water partition coefficient (Wildman–Crippen LogP) is 3.16. The molecule has 5 aromatic rings. The molecule has 0 saturated carbocycles. The molecule has 190 valence electrons. The normalized spacial score (nSPS) is 12.3. The van der Waals surface area contributed by atoms with Crippen LogP contribution in [0.15, 0.2) is 121 Å². The van der Waals surface area contributed by atoms with Gasteiger partial charge in [0.15, 0.2) is 0 Å². The van der Waals surface area contributed by atoms with Crippen LogP contribution in [-0.4, -0.2) is 3.21 Å². The van der Waals surface area contributed by atoms with Crippen LogP contribution in [0.5, 0.6) is 0 Å². The van der Waals surface area contributed by atoms with E-state index in [1.165, 1.54) is 76.8 Å². The minimum atomic E-state index is 0. The summed E-state index contributed by atoms with van der Waals surface area (Å²) in [6.07, 6.45) is 7.73. The number of halogens is 2. The van der Waals surface area contributed by atoms with E-state index >= 15 is 0 Å². The molecule has 0 fully saturated rings. The van der Waals surface area contributed by atoms with Gasteiger partial charge in [0, 0.05) is 0 Å². The van der Waals surface area contributed by atoms with Gasteiger partial charge in [-0.3, -0.25) is 0 Å². The summed E-state index contributed by atoms with van der Waals surface area (Å²) in [5.74, 6) is 0. The van der Waals surface area contributed by atoms with Crippen molar-refractivity contribution in [3.05, 3.63) is 144 Å². The van der Waals surface area contributed by atoms with Gasteiger partial charge in [-0.05, 0) is 11.8 Å². The molecule has 1 aliphatic carbocycles. The number of hydrogen-bond acceptors (Lipinski definition) is 0. The maximum atomic E-state index is 2.40. The van der Waals surface area contributed by atoms with Crippen LogP contribution in [0.2, 0.25) is 0 Å². The van der Waals surface area contributed by atoms with Crippen molar-refractivity contribution < 1.29 is 49.0 Å². The van der Waals surface area contributed by atoms with Crippen molar-refractivity contribution in [2.45, 2.75) is 32.6 Å². The summed E-state index contributed by atoms with van der Waals surface area (Å²) >= 11 is 1.46. The van der Waals surface area contributed by atoms with Crippen LogP contribution < -0.4 is 24.8 Å². The molecule has 0 saturated heterocycles. The van der Waals surface area contributed by atoms with E-state index in [4.69, 9.17) is 0 Å². The molecule has 0 aliphatic heterocycles. The third kappa shape index (κ3) is 6.58. The molecule has 0 spiro atoms. The summed E-state index contributed by atoms with van der Waals surface area (Å²) in [5, 5.41) is 5.50. The second kappa shape index (κ2) is 13.1. The molecule has 0 nitrogen and oxygen atoms in total. The van der Waals surface area contributed by atoms with Crippen LogP contribution in [0, 0.1) is 0 Å². The number of hydrogen-bond donors (Lipinski definition) is 0. The SMILES string of the molecule is CC(C)(C)c1cc(C2=CC=CC2)c2[cH-]c3ccccc3c2c1.[Cl-].[Cl-].[Zr+2]=[C](c1ccccc1)c1ccccc1. The van der Waals surface area contributed by atoms with Crippen LogP contribution in [0.1, 0.15) is 49.4 Å². The first kappa shape index (κ1) is 30.1. The molecule has 38 heavy (non-hydrogen) atoms. The van der Waals surface area contributed by atoms with E-state index in [0.29, 0.717) is 0 Å². The van der Waals surface area contributed by atoms with Crippen molar-refractivity contribution in [2.75, 3.05) is 0 Å². The molecule has 0 radical (unpaired) electrons. The van der Waals surface area contributed by atoms with E-state index in [-0.39, 0.29) is 30.2 Å². The Labute approximate surface area is 254 Å². The quantitative estimate of drug-likeness (QED) is 0.275. The molecule has 0 heterocycles. The molecular weight excluding hydrogens is 583 g/mol. The van der Waals surface area contributed by atoms with Crippen molar-refractivity contribution in [1.82, 2.24) is 0 Å². The van der Waals surface area contributed by atoms with E-state index in [9.17, 15) is 0 Å². The average molecular weight is 614 g/mol. The molecule has 0 unspecified atom stereocenters. The van der Waals surface area contributed by atoms with E-state index in [1.54, 1.807) is 0 Å². The van der Waals surface area contributed by atoms with Gasteiger partial charge in [-0.2, -0.15) is 0 Å². The zero-order valence-electron chi connectivity index (χ0n) is 22.0. The van der Waals surface area contributed by atoms with Gasteiger partial charge in [0.05, 0.1) is 0 Å². The Kier molecular flexibility index (Phi) is 10.4. The van der Waals surface area contributed by atoms with Crippen LogP contribution in [0.25, 0.3) is 27.1 Å². The van der Waals surface area contributed by atoms with Gasteiger partial charge in [-0.15, -0.1) is 33.7 Å². The molecular formula is C35H31Cl2Zr-. The van der Waals surface area contributed by atoms with Crippen molar-refractivity contribution >= 4 is 30.3 Å². The Morgan fingerprint density at radius 3 is 1.87 bits per heavy atom. The van der Waals surface area contributed by atoms with Crippen LogP contribution in [0.4, 0.5) is 0 Å².